The summed E-state index contributed by atoms with van der Waals surface area (Å²) in [5.41, 5.74) is 1.01. The van der Waals surface area contributed by atoms with Gasteiger partial charge in [-0.15, -0.1) is 0 Å². The highest BCUT2D eigenvalue weighted by Crippen LogP contribution is 2.10. The van der Waals surface area contributed by atoms with E-state index in [9.17, 15) is 5.11 Å². The summed E-state index contributed by atoms with van der Waals surface area (Å²) in [6.45, 7) is 1.58. The first-order valence-corrected chi connectivity index (χ1v) is 4.65. The van der Waals surface area contributed by atoms with Crippen LogP contribution in [0.2, 0.25) is 0 Å². The third-order valence-electron chi connectivity index (χ3n) is 1.93. The zero-order valence-corrected chi connectivity index (χ0v) is 8.29. The lowest BCUT2D eigenvalue weighted by Gasteiger charge is -1.94. The fourth-order valence-corrected chi connectivity index (χ4v) is 1.19. The number of aliphatic hydroxyl groups excluding tert-OH is 1. The van der Waals surface area contributed by atoms with Crippen molar-refractivity contribution < 1.29 is 9.63 Å². The highest BCUT2D eigenvalue weighted by Gasteiger charge is 2.11. The minimum absolute atomic E-state index is 0.244. The topological polar surface area (TPSA) is 72.0 Å². The SMILES string of the molecule is C[C@H](O)c1nc(Cc2cccnc2)no1. The van der Waals surface area contributed by atoms with Crippen molar-refractivity contribution in [1.82, 2.24) is 15.1 Å². The molecule has 0 spiro atoms. The van der Waals surface area contributed by atoms with Crippen molar-refractivity contribution in [2.24, 2.45) is 0 Å². The molecule has 0 aliphatic rings. The number of pyridine rings is 1. The molecule has 2 aromatic rings. The Balaban J connectivity index is 2.12. The average Bonchev–Trinajstić information content (AvgIpc) is 2.68. The fraction of sp³-hybridized carbons (Fsp3) is 0.300. The van der Waals surface area contributed by atoms with E-state index >= 15 is 0 Å². The van der Waals surface area contributed by atoms with Gasteiger partial charge in [0.15, 0.2) is 5.82 Å². The van der Waals surface area contributed by atoms with E-state index in [1.807, 2.05) is 12.1 Å². The zero-order chi connectivity index (χ0) is 10.7. The molecule has 2 rings (SSSR count). The van der Waals surface area contributed by atoms with Gasteiger partial charge in [-0.3, -0.25) is 4.98 Å². The molecule has 0 unspecified atom stereocenters. The summed E-state index contributed by atoms with van der Waals surface area (Å²) < 4.78 is 4.87. The van der Waals surface area contributed by atoms with Crippen LogP contribution in [-0.2, 0) is 6.42 Å². The molecule has 1 N–H and O–H groups in total. The summed E-state index contributed by atoms with van der Waals surface area (Å²) in [5, 5.41) is 13.0. The van der Waals surface area contributed by atoms with Crippen molar-refractivity contribution in [3.8, 4) is 0 Å². The molecule has 2 aromatic heterocycles. The minimum Gasteiger partial charge on any atom is -0.384 e. The van der Waals surface area contributed by atoms with Crippen molar-refractivity contribution in [2.75, 3.05) is 0 Å². The Labute approximate surface area is 86.8 Å². The fourth-order valence-electron chi connectivity index (χ4n) is 1.19. The van der Waals surface area contributed by atoms with E-state index < -0.39 is 6.10 Å². The smallest absolute Gasteiger partial charge is 0.255 e. The van der Waals surface area contributed by atoms with Gasteiger partial charge < -0.3 is 9.63 Å². The molecule has 5 nitrogen and oxygen atoms in total. The standard InChI is InChI=1S/C10H11N3O2/c1-7(14)10-12-9(13-15-10)5-8-3-2-4-11-6-8/h2-4,6-7,14H,5H2,1H3/t7-/m0/s1. The Kier molecular flexibility index (Phi) is 2.73. The number of aromatic nitrogens is 3. The first-order chi connectivity index (χ1) is 7.25. The van der Waals surface area contributed by atoms with Gasteiger partial charge in [-0.25, -0.2) is 0 Å². The summed E-state index contributed by atoms with van der Waals surface area (Å²) in [4.78, 5) is 8.04. The predicted molar refractivity (Wildman–Crippen MR) is 52.0 cm³/mol. The van der Waals surface area contributed by atoms with E-state index in [1.54, 1.807) is 19.3 Å². The Hall–Kier alpha value is -1.75. The van der Waals surface area contributed by atoms with Crippen LogP contribution in [0.5, 0.6) is 0 Å². The van der Waals surface area contributed by atoms with Crippen LogP contribution in [-0.4, -0.2) is 20.2 Å². The highest BCUT2D eigenvalue weighted by molar-refractivity contribution is 5.13. The monoisotopic (exact) mass is 205 g/mol. The van der Waals surface area contributed by atoms with Gasteiger partial charge in [0.05, 0.1) is 0 Å². The van der Waals surface area contributed by atoms with E-state index in [0.29, 0.717) is 12.2 Å². The van der Waals surface area contributed by atoms with Crippen LogP contribution in [0, 0.1) is 0 Å². The lowest BCUT2D eigenvalue weighted by molar-refractivity contribution is 0.151. The van der Waals surface area contributed by atoms with Gasteiger partial charge in [0.2, 0.25) is 0 Å². The van der Waals surface area contributed by atoms with Crippen molar-refractivity contribution in [3.63, 3.8) is 0 Å². The van der Waals surface area contributed by atoms with E-state index in [4.69, 9.17) is 4.52 Å². The molecule has 0 aliphatic heterocycles. The van der Waals surface area contributed by atoms with Gasteiger partial charge in [0.25, 0.3) is 5.89 Å². The largest absolute Gasteiger partial charge is 0.384 e. The maximum absolute atomic E-state index is 9.19. The molecular weight excluding hydrogens is 194 g/mol. The molecule has 15 heavy (non-hydrogen) atoms. The second-order valence-corrected chi connectivity index (χ2v) is 3.26. The molecule has 0 saturated carbocycles. The summed E-state index contributed by atoms with van der Waals surface area (Å²) in [5.74, 6) is 0.799. The second kappa shape index (κ2) is 4.18. The first kappa shape index (κ1) is 9.79. The summed E-state index contributed by atoms with van der Waals surface area (Å²) >= 11 is 0. The molecular formula is C10H11N3O2. The third-order valence-corrected chi connectivity index (χ3v) is 1.93. The molecule has 0 fully saturated rings. The van der Waals surface area contributed by atoms with Gasteiger partial charge in [-0.2, -0.15) is 4.98 Å². The molecule has 0 saturated heterocycles. The molecule has 5 heteroatoms. The van der Waals surface area contributed by atoms with Crippen LogP contribution in [0.15, 0.2) is 29.0 Å². The third kappa shape index (κ3) is 2.38. The van der Waals surface area contributed by atoms with Crippen LogP contribution >= 0.6 is 0 Å². The Morgan fingerprint density at radius 1 is 1.53 bits per heavy atom. The highest BCUT2D eigenvalue weighted by atomic mass is 16.5. The van der Waals surface area contributed by atoms with Crippen molar-refractivity contribution >= 4 is 0 Å². The number of rotatable bonds is 3. The predicted octanol–water partition coefficient (Wildman–Crippen LogP) is 1.11. The lowest BCUT2D eigenvalue weighted by atomic mass is 10.2. The Bertz CT molecular complexity index is 425. The molecule has 0 aliphatic carbocycles. The zero-order valence-electron chi connectivity index (χ0n) is 8.29. The molecule has 0 aromatic carbocycles. The van der Waals surface area contributed by atoms with Crippen LogP contribution in [0.25, 0.3) is 0 Å². The molecule has 78 valence electrons. The quantitative estimate of drug-likeness (QED) is 0.812. The summed E-state index contributed by atoms with van der Waals surface area (Å²) in [6.07, 6.45) is 3.30. The number of hydrogen-bond donors (Lipinski definition) is 1. The van der Waals surface area contributed by atoms with Crippen molar-refractivity contribution in [3.05, 3.63) is 41.8 Å². The average molecular weight is 205 g/mol. The van der Waals surface area contributed by atoms with Gasteiger partial charge in [0.1, 0.15) is 6.10 Å². The van der Waals surface area contributed by atoms with Crippen LogP contribution in [0.1, 0.15) is 30.3 Å². The van der Waals surface area contributed by atoms with E-state index in [1.165, 1.54) is 0 Å². The summed E-state index contributed by atoms with van der Waals surface area (Å²) in [7, 11) is 0. The van der Waals surface area contributed by atoms with E-state index in [2.05, 4.69) is 15.1 Å². The van der Waals surface area contributed by atoms with Gasteiger partial charge >= 0.3 is 0 Å². The number of nitrogens with zero attached hydrogens (tertiary/aromatic N) is 3. The van der Waals surface area contributed by atoms with Crippen LogP contribution in [0.4, 0.5) is 0 Å². The number of hydrogen-bond acceptors (Lipinski definition) is 5. The molecule has 1 atom stereocenters. The lowest BCUT2D eigenvalue weighted by Crippen LogP contribution is -1.94. The molecule has 0 amide bonds. The Morgan fingerprint density at radius 3 is 3.00 bits per heavy atom. The molecule has 2 heterocycles. The van der Waals surface area contributed by atoms with Crippen molar-refractivity contribution in [2.45, 2.75) is 19.4 Å². The van der Waals surface area contributed by atoms with Crippen LogP contribution in [0.3, 0.4) is 0 Å². The van der Waals surface area contributed by atoms with E-state index in [0.717, 1.165) is 5.56 Å². The van der Waals surface area contributed by atoms with Crippen molar-refractivity contribution in [1.29, 1.82) is 0 Å². The van der Waals surface area contributed by atoms with Crippen LogP contribution < -0.4 is 0 Å². The maximum atomic E-state index is 9.19. The summed E-state index contributed by atoms with van der Waals surface area (Å²) in [6, 6.07) is 3.79. The first-order valence-electron chi connectivity index (χ1n) is 4.65. The Morgan fingerprint density at radius 2 is 2.40 bits per heavy atom. The number of aliphatic hydroxyl groups is 1. The normalized spacial score (nSPS) is 12.7. The van der Waals surface area contributed by atoms with Gasteiger partial charge in [0, 0.05) is 18.8 Å². The van der Waals surface area contributed by atoms with Gasteiger partial charge in [-0.1, -0.05) is 11.2 Å². The molecule has 0 radical (unpaired) electrons. The van der Waals surface area contributed by atoms with E-state index in [-0.39, 0.29) is 5.89 Å². The maximum Gasteiger partial charge on any atom is 0.255 e. The second-order valence-electron chi connectivity index (χ2n) is 3.26. The minimum atomic E-state index is -0.722. The molecule has 0 bridgehead atoms. The van der Waals surface area contributed by atoms with Gasteiger partial charge in [-0.05, 0) is 18.6 Å².